The van der Waals surface area contributed by atoms with Crippen LogP contribution in [0.4, 0.5) is 0 Å². The average Bonchev–Trinajstić information content (AvgIpc) is 2.94. The van der Waals surface area contributed by atoms with Crippen molar-refractivity contribution in [3.05, 3.63) is 41.7 Å². The molecule has 128 valence electrons. The molecule has 1 N–H and O–H groups in total. The van der Waals surface area contributed by atoms with E-state index in [4.69, 9.17) is 9.15 Å². The highest BCUT2D eigenvalue weighted by atomic mass is 16.5. The van der Waals surface area contributed by atoms with Gasteiger partial charge in [0.15, 0.2) is 0 Å². The predicted molar refractivity (Wildman–Crippen MR) is 93.4 cm³/mol. The predicted octanol–water partition coefficient (Wildman–Crippen LogP) is 3.32. The van der Waals surface area contributed by atoms with Gasteiger partial charge in [0.25, 0.3) is 0 Å². The first-order valence-electron chi connectivity index (χ1n) is 8.04. The molecule has 0 unspecified atom stereocenters. The highest BCUT2D eigenvalue weighted by Gasteiger charge is 2.24. The monoisotopic (exact) mass is 329 g/mol. The summed E-state index contributed by atoms with van der Waals surface area (Å²) >= 11 is 0. The number of ether oxygens (including phenoxy) is 1. The van der Waals surface area contributed by atoms with Crippen LogP contribution in [0, 0.1) is 5.92 Å². The Labute approximate surface area is 141 Å². The van der Waals surface area contributed by atoms with Crippen molar-refractivity contribution < 1.29 is 18.7 Å². The standard InChI is InChI=1S/C19H23NO4/c1-5-15-14(13-8-6-7-9-16(13)24-15)10-11-17(21)20-18(12(2)3)19(22)23-4/h6-12,18H,5H2,1-4H3,(H,20,21)/b11-10+/t18-/m0/s1. The molecule has 2 aromatic rings. The van der Waals surface area contributed by atoms with Crippen molar-refractivity contribution in [2.75, 3.05) is 7.11 Å². The second-order valence-corrected chi connectivity index (χ2v) is 5.88. The molecule has 1 aromatic carbocycles. The maximum Gasteiger partial charge on any atom is 0.328 e. The number of para-hydroxylation sites is 1. The number of benzene rings is 1. The van der Waals surface area contributed by atoms with E-state index in [0.29, 0.717) is 0 Å². The number of aryl methyl sites for hydroxylation is 1. The Morgan fingerprint density at radius 1 is 1.29 bits per heavy atom. The minimum Gasteiger partial charge on any atom is -0.467 e. The molecule has 0 spiro atoms. The number of hydrogen-bond donors (Lipinski definition) is 1. The van der Waals surface area contributed by atoms with E-state index in [1.165, 1.54) is 13.2 Å². The molecular formula is C19H23NO4. The quantitative estimate of drug-likeness (QED) is 0.652. The van der Waals surface area contributed by atoms with E-state index in [0.717, 1.165) is 28.7 Å². The number of carbonyl (C=O) groups excluding carboxylic acids is 2. The van der Waals surface area contributed by atoms with Crippen LogP contribution in [-0.4, -0.2) is 25.0 Å². The van der Waals surface area contributed by atoms with E-state index < -0.39 is 12.0 Å². The van der Waals surface area contributed by atoms with Crippen LogP contribution in [0.1, 0.15) is 32.1 Å². The van der Waals surface area contributed by atoms with Crippen LogP contribution >= 0.6 is 0 Å². The second-order valence-electron chi connectivity index (χ2n) is 5.88. The Balaban J connectivity index is 2.21. The van der Waals surface area contributed by atoms with Gasteiger partial charge in [-0.25, -0.2) is 4.79 Å². The minimum atomic E-state index is -0.668. The van der Waals surface area contributed by atoms with Gasteiger partial charge in [-0.05, 0) is 18.1 Å². The maximum atomic E-state index is 12.2. The molecule has 0 saturated heterocycles. The van der Waals surface area contributed by atoms with Crippen molar-refractivity contribution in [1.82, 2.24) is 5.32 Å². The summed E-state index contributed by atoms with van der Waals surface area (Å²) in [6.45, 7) is 5.70. The number of nitrogens with one attached hydrogen (secondary N) is 1. The van der Waals surface area contributed by atoms with E-state index >= 15 is 0 Å². The molecule has 24 heavy (non-hydrogen) atoms. The van der Waals surface area contributed by atoms with E-state index in [1.54, 1.807) is 6.08 Å². The summed E-state index contributed by atoms with van der Waals surface area (Å²) in [7, 11) is 1.31. The minimum absolute atomic E-state index is 0.0595. The Morgan fingerprint density at radius 2 is 2.00 bits per heavy atom. The summed E-state index contributed by atoms with van der Waals surface area (Å²) in [5.74, 6) is -0.0226. The Morgan fingerprint density at radius 3 is 2.62 bits per heavy atom. The van der Waals surface area contributed by atoms with Crippen molar-refractivity contribution in [3.63, 3.8) is 0 Å². The number of carbonyl (C=O) groups is 2. The number of amides is 1. The van der Waals surface area contributed by atoms with Gasteiger partial charge in [-0.2, -0.15) is 0 Å². The van der Waals surface area contributed by atoms with Gasteiger partial charge < -0.3 is 14.5 Å². The zero-order valence-electron chi connectivity index (χ0n) is 14.5. The lowest BCUT2D eigenvalue weighted by Gasteiger charge is -2.18. The molecule has 0 fully saturated rings. The summed E-state index contributed by atoms with van der Waals surface area (Å²) in [4.78, 5) is 23.9. The van der Waals surface area contributed by atoms with E-state index in [-0.39, 0.29) is 11.8 Å². The molecule has 0 saturated carbocycles. The molecule has 0 radical (unpaired) electrons. The molecule has 0 bridgehead atoms. The van der Waals surface area contributed by atoms with Crippen LogP contribution in [-0.2, 0) is 20.7 Å². The summed E-state index contributed by atoms with van der Waals surface area (Å²) in [6.07, 6.45) is 3.89. The SMILES string of the molecule is CCc1oc2ccccc2c1/C=C/C(=O)N[C@H](C(=O)OC)C(C)C. The van der Waals surface area contributed by atoms with Gasteiger partial charge >= 0.3 is 5.97 Å². The lowest BCUT2D eigenvalue weighted by Crippen LogP contribution is -2.44. The van der Waals surface area contributed by atoms with Crippen LogP contribution in [0.15, 0.2) is 34.8 Å². The molecule has 0 aliphatic rings. The number of fused-ring (bicyclic) bond motifs is 1. The molecular weight excluding hydrogens is 306 g/mol. The third-order valence-electron chi connectivity index (χ3n) is 3.85. The molecule has 1 aromatic heterocycles. The normalized spacial score (nSPS) is 12.7. The van der Waals surface area contributed by atoms with Crippen LogP contribution < -0.4 is 5.32 Å². The number of methoxy groups -OCH3 is 1. The maximum absolute atomic E-state index is 12.2. The Kier molecular flexibility index (Phi) is 5.79. The van der Waals surface area contributed by atoms with Crippen LogP contribution in [0.3, 0.4) is 0 Å². The number of rotatable bonds is 6. The largest absolute Gasteiger partial charge is 0.467 e. The molecule has 1 amide bonds. The van der Waals surface area contributed by atoms with Gasteiger partial charge in [0.05, 0.1) is 7.11 Å². The third kappa shape index (κ3) is 3.85. The van der Waals surface area contributed by atoms with E-state index in [1.807, 2.05) is 45.0 Å². The van der Waals surface area contributed by atoms with Crippen LogP contribution in [0.2, 0.25) is 0 Å². The molecule has 2 rings (SSSR count). The van der Waals surface area contributed by atoms with Crippen molar-refractivity contribution in [3.8, 4) is 0 Å². The number of esters is 1. The van der Waals surface area contributed by atoms with E-state index in [9.17, 15) is 9.59 Å². The van der Waals surface area contributed by atoms with Gasteiger partial charge in [-0.3, -0.25) is 4.79 Å². The lowest BCUT2D eigenvalue weighted by atomic mass is 10.0. The van der Waals surface area contributed by atoms with Crippen molar-refractivity contribution >= 4 is 28.9 Å². The van der Waals surface area contributed by atoms with Gasteiger partial charge in [0.1, 0.15) is 17.4 Å². The molecule has 5 heteroatoms. The highest BCUT2D eigenvalue weighted by molar-refractivity contribution is 5.97. The van der Waals surface area contributed by atoms with Gasteiger partial charge in [-0.15, -0.1) is 0 Å². The Hall–Kier alpha value is -2.56. The zero-order valence-corrected chi connectivity index (χ0v) is 14.5. The highest BCUT2D eigenvalue weighted by Crippen LogP contribution is 2.27. The summed E-state index contributed by atoms with van der Waals surface area (Å²) in [5.41, 5.74) is 1.69. The van der Waals surface area contributed by atoms with Crippen LogP contribution in [0.25, 0.3) is 17.0 Å². The number of hydrogen-bond acceptors (Lipinski definition) is 4. The molecule has 1 atom stereocenters. The van der Waals surface area contributed by atoms with Crippen molar-refractivity contribution in [1.29, 1.82) is 0 Å². The van der Waals surface area contributed by atoms with Gasteiger partial charge in [-0.1, -0.05) is 39.0 Å². The first kappa shape index (κ1) is 17.8. The molecule has 0 aliphatic carbocycles. The zero-order chi connectivity index (χ0) is 17.7. The smallest absolute Gasteiger partial charge is 0.328 e. The summed E-state index contributed by atoms with van der Waals surface area (Å²) in [6, 6.07) is 7.04. The first-order chi connectivity index (χ1) is 11.5. The van der Waals surface area contributed by atoms with Gasteiger partial charge in [0.2, 0.25) is 5.91 Å². The van der Waals surface area contributed by atoms with E-state index in [2.05, 4.69) is 5.32 Å². The third-order valence-corrected chi connectivity index (χ3v) is 3.85. The van der Waals surface area contributed by atoms with Gasteiger partial charge in [0, 0.05) is 23.4 Å². The van der Waals surface area contributed by atoms with Crippen molar-refractivity contribution in [2.45, 2.75) is 33.2 Å². The molecule has 1 heterocycles. The fourth-order valence-electron chi connectivity index (χ4n) is 2.55. The fourth-order valence-corrected chi connectivity index (χ4v) is 2.55. The Bertz CT molecular complexity index is 758. The topological polar surface area (TPSA) is 68.5 Å². The fraction of sp³-hybridized carbons (Fsp3) is 0.368. The molecule has 0 aliphatic heterocycles. The molecule has 5 nitrogen and oxygen atoms in total. The summed E-state index contributed by atoms with van der Waals surface area (Å²) < 4.78 is 10.5. The summed E-state index contributed by atoms with van der Waals surface area (Å²) in [5, 5.41) is 3.65. The second kappa shape index (κ2) is 7.81. The van der Waals surface area contributed by atoms with Crippen LogP contribution in [0.5, 0.6) is 0 Å². The first-order valence-corrected chi connectivity index (χ1v) is 8.04. The van der Waals surface area contributed by atoms with Crippen molar-refractivity contribution in [2.24, 2.45) is 5.92 Å². The average molecular weight is 329 g/mol. The lowest BCUT2D eigenvalue weighted by molar-refractivity contribution is -0.145. The number of furan rings is 1.